The van der Waals surface area contributed by atoms with Crippen LogP contribution in [0.2, 0.25) is 0 Å². The highest BCUT2D eigenvalue weighted by atomic mass is 19.1. The van der Waals surface area contributed by atoms with Gasteiger partial charge in [0.2, 0.25) is 0 Å². The van der Waals surface area contributed by atoms with E-state index in [-0.39, 0.29) is 17.7 Å². The Morgan fingerprint density at radius 1 is 1.05 bits per heavy atom. The van der Waals surface area contributed by atoms with Gasteiger partial charge in [0.1, 0.15) is 11.6 Å². The summed E-state index contributed by atoms with van der Waals surface area (Å²) in [6.45, 7) is 2.25. The molecular formula is C16H18F2N2. The van der Waals surface area contributed by atoms with Crippen molar-refractivity contribution in [2.45, 2.75) is 13.0 Å². The van der Waals surface area contributed by atoms with Crippen LogP contribution in [0.3, 0.4) is 0 Å². The van der Waals surface area contributed by atoms with E-state index in [1.807, 2.05) is 18.9 Å². The third kappa shape index (κ3) is 2.96. The Balaban J connectivity index is 2.33. The number of halogens is 2. The van der Waals surface area contributed by atoms with Gasteiger partial charge in [0.05, 0.1) is 6.04 Å². The Bertz CT molecular complexity index is 582. The van der Waals surface area contributed by atoms with E-state index in [9.17, 15) is 8.78 Å². The van der Waals surface area contributed by atoms with Crippen LogP contribution in [-0.4, -0.2) is 13.6 Å². The number of hydrogen-bond acceptors (Lipinski definition) is 2. The minimum atomic E-state index is -0.274. The molecule has 0 aliphatic heterocycles. The van der Waals surface area contributed by atoms with Crippen molar-refractivity contribution in [1.29, 1.82) is 0 Å². The Labute approximate surface area is 117 Å². The predicted octanol–water partition coefficient (Wildman–Crippen LogP) is 3.41. The lowest BCUT2D eigenvalue weighted by atomic mass is 9.99. The van der Waals surface area contributed by atoms with Crippen LogP contribution in [0.25, 0.3) is 0 Å². The zero-order valence-corrected chi connectivity index (χ0v) is 11.6. The van der Waals surface area contributed by atoms with E-state index in [0.29, 0.717) is 6.54 Å². The monoisotopic (exact) mass is 276 g/mol. The highest BCUT2D eigenvalue weighted by Gasteiger charge is 2.18. The van der Waals surface area contributed by atoms with E-state index in [4.69, 9.17) is 5.73 Å². The standard InChI is InChI=1S/C16H18F2N2/c1-11-9-13(18)5-8-15(11)16(10-19)20(2)14-6-3-12(17)4-7-14/h3-9,16H,10,19H2,1-2H3. The molecule has 1 unspecified atom stereocenters. The number of anilines is 1. The molecule has 1 atom stereocenters. The Kier molecular flexibility index (Phi) is 4.35. The number of likely N-dealkylation sites (N-methyl/N-ethyl adjacent to an activating group) is 1. The summed E-state index contributed by atoms with van der Waals surface area (Å²) in [5.74, 6) is -0.532. The minimum Gasteiger partial charge on any atom is -0.366 e. The van der Waals surface area contributed by atoms with E-state index >= 15 is 0 Å². The van der Waals surface area contributed by atoms with Crippen molar-refractivity contribution in [2.75, 3.05) is 18.5 Å². The summed E-state index contributed by atoms with van der Waals surface area (Å²) in [7, 11) is 1.90. The van der Waals surface area contributed by atoms with Gasteiger partial charge in [-0.25, -0.2) is 8.78 Å². The van der Waals surface area contributed by atoms with Crippen LogP contribution >= 0.6 is 0 Å². The highest BCUT2D eigenvalue weighted by Crippen LogP contribution is 2.27. The van der Waals surface area contributed by atoms with Crippen LogP contribution in [0.5, 0.6) is 0 Å². The van der Waals surface area contributed by atoms with Gasteiger partial charge in [-0.1, -0.05) is 6.07 Å². The number of benzene rings is 2. The number of rotatable bonds is 4. The molecule has 0 fully saturated rings. The maximum atomic E-state index is 13.2. The van der Waals surface area contributed by atoms with E-state index in [1.54, 1.807) is 18.2 Å². The second kappa shape index (κ2) is 6.01. The van der Waals surface area contributed by atoms with Gasteiger partial charge >= 0.3 is 0 Å². The third-order valence-electron chi connectivity index (χ3n) is 3.52. The fourth-order valence-corrected chi connectivity index (χ4v) is 2.36. The van der Waals surface area contributed by atoms with Crippen LogP contribution < -0.4 is 10.6 Å². The molecule has 0 spiro atoms. The molecular weight excluding hydrogens is 258 g/mol. The Morgan fingerprint density at radius 3 is 2.20 bits per heavy atom. The lowest BCUT2D eigenvalue weighted by molar-refractivity contribution is 0.618. The first-order valence-corrected chi connectivity index (χ1v) is 6.47. The molecule has 0 radical (unpaired) electrons. The summed E-state index contributed by atoms with van der Waals surface area (Å²) in [5, 5.41) is 0. The maximum Gasteiger partial charge on any atom is 0.123 e. The van der Waals surface area contributed by atoms with Crippen LogP contribution in [0.15, 0.2) is 42.5 Å². The molecule has 0 amide bonds. The highest BCUT2D eigenvalue weighted by molar-refractivity contribution is 5.49. The van der Waals surface area contributed by atoms with Crippen LogP contribution in [0.1, 0.15) is 17.2 Å². The predicted molar refractivity (Wildman–Crippen MR) is 77.7 cm³/mol. The van der Waals surface area contributed by atoms with Crippen LogP contribution in [-0.2, 0) is 0 Å². The molecule has 0 bridgehead atoms. The van der Waals surface area contributed by atoms with Crippen LogP contribution in [0.4, 0.5) is 14.5 Å². The van der Waals surface area contributed by atoms with Crippen LogP contribution in [0, 0.1) is 18.6 Å². The molecule has 0 aromatic heterocycles. The van der Waals surface area contributed by atoms with E-state index in [0.717, 1.165) is 16.8 Å². The number of nitrogens with zero attached hydrogens (tertiary/aromatic N) is 1. The lowest BCUT2D eigenvalue weighted by Crippen LogP contribution is -2.31. The fraction of sp³-hybridized carbons (Fsp3) is 0.250. The first-order valence-electron chi connectivity index (χ1n) is 6.47. The first-order chi connectivity index (χ1) is 9.52. The van der Waals surface area contributed by atoms with Gasteiger partial charge in [-0.3, -0.25) is 0 Å². The van der Waals surface area contributed by atoms with E-state index < -0.39 is 0 Å². The fourth-order valence-electron chi connectivity index (χ4n) is 2.36. The quantitative estimate of drug-likeness (QED) is 0.927. The van der Waals surface area contributed by atoms with Crippen molar-refractivity contribution in [2.24, 2.45) is 5.73 Å². The zero-order valence-electron chi connectivity index (χ0n) is 11.6. The normalized spacial score (nSPS) is 12.2. The molecule has 0 aliphatic carbocycles. The van der Waals surface area contributed by atoms with Crippen molar-refractivity contribution in [3.63, 3.8) is 0 Å². The van der Waals surface area contributed by atoms with Gasteiger partial charge in [-0.05, 0) is 54.4 Å². The molecule has 0 saturated carbocycles. The summed E-state index contributed by atoms with van der Waals surface area (Å²) in [4.78, 5) is 1.97. The molecule has 20 heavy (non-hydrogen) atoms. The second-order valence-corrected chi connectivity index (χ2v) is 4.84. The largest absolute Gasteiger partial charge is 0.366 e. The van der Waals surface area contributed by atoms with Crippen molar-refractivity contribution in [3.8, 4) is 0 Å². The van der Waals surface area contributed by atoms with Gasteiger partial charge in [0.15, 0.2) is 0 Å². The van der Waals surface area contributed by atoms with E-state index in [2.05, 4.69) is 0 Å². The average Bonchev–Trinajstić information content (AvgIpc) is 2.42. The smallest absolute Gasteiger partial charge is 0.123 e. The van der Waals surface area contributed by atoms with Crippen molar-refractivity contribution in [1.82, 2.24) is 0 Å². The first kappa shape index (κ1) is 14.5. The average molecular weight is 276 g/mol. The van der Waals surface area contributed by atoms with Gasteiger partial charge in [0, 0.05) is 19.3 Å². The molecule has 4 heteroatoms. The molecule has 2 aromatic carbocycles. The van der Waals surface area contributed by atoms with Gasteiger partial charge in [-0.2, -0.15) is 0 Å². The van der Waals surface area contributed by atoms with Gasteiger partial charge < -0.3 is 10.6 Å². The van der Waals surface area contributed by atoms with Crippen molar-refractivity contribution < 1.29 is 8.78 Å². The molecule has 2 rings (SSSR count). The SMILES string of the molecule is Cc1cc(F)ccc1C(CN)N(C)c1ccc(F)cc1. The molecule has 106 valence electrons. The second-order valence-electron chi connectivity index (χ2n) is 4.84. The van der Waals surface area contributed by atoms with Gasteiger partial charge in [0.25, 0.3) is 0 Å². The van der Waals surface area contributed by atoms with Gasteiger partial charge in [-0.15, -0.1) is 0 Å². The third-order valence-corrected chi connectivity index (χ3v) is 3.52. The zero-order chi connectivity index (χ0) is 14.7. The summed E-state index contributed by atoms with van der Waals surface area (Å²) in [5.41, 5.74) is 8.57. The Morgan fingerprint density at radius 2 is 1.65 bits per heavy atom. The molecule has 0 heterocycles. The summed E-state index contributed by atoms with van der Waals surface area (Å²) in [6.07, 6.45) is 0. The molecule has 0 aliphatic rings. The summed E-state index contributed by atoms with van der Waals surface area (Å²) in [6, 6.07) is 10.8. The molecule has 2 nitrogen and oxygen atoms in total. The summed E-state index contributed by atoms with van der Waals surface area (Å²) < 4.78 is 26.2. The Hall–Kier alpha value is -1.94. The van der Waals surface area contributed by atoms with E-state index in [1.165, 1.54) is 24.3 Å². The lowest BCUT2D eigenvalue weighted by Gasteiger charge is -2.30. The number of aryl methyl sites for hydroxylation is 1. The molecule has 2 aromatic rings. The minimum absolute atomic E-state index is 0.0824. The number of nitrogens with two attached hydrogens (primary N) is 1. The summed E-state index contributed by atoms with van der Waals surface area (Å²) >= 11 is 0. The number of hydrogen-bond donors (Lipinski definition) is 1. The molecule has 2 N–H and O–H groups in total. The van der Waals surface area contributed by atoms with Crippen molar-refractivity contribution >= 4 is 5.69 Å². The maximum absolute atomic E-state index is 13.2. The van der Waals surface area contributed by atoms with Crippen molar-refractivity contribution in [3.05, 3.63) is 65.2 Å². The topological polar surface area (TPSA) is 29.3 Å². The molecule has 0 saturated heterocycles.